The summed E-state index contributed by atoms with van der Waals surface area (Å²) in [6.07, 6.45) is 0. The Kier molecular flexibility index (Phi) is 4.40. The molecule has 23 heavy (non-hydrogen) atoms. The minimum atomic E-state index is -4.68. The molecule has 0 bridgehead atoms. The Morgan fingerprint density at radius 3 is 1.91 bits per heavy atom. The molecule has 0 unspecified atom stereocenters. The predicted octanol–water partition coefficient (Wildman–Crippen LogP) is -2.01. The molecule has 0 fully saturated rings. The third-order valence-electron chi connectivity index (χ3n) is 3.51. The van der Waals surface area contributed by atoms with E-state index in [1.54, 1.807) is 12.1 Å². The van der Waals surface area contributed by atoms with Gasteiger partial charge in [-0.25, -0.2) is 0 Å². The molecule has 5 N–H and O–H groups in total. The number of nitrogen functional groups attached to an aromatic ring is 2. The van der Waals surface area contributed by atoms with Gasteiger partial charge in [0.15, 0.2) is 11.6 Å². The quantitative estimate of drug-likeness (QED) is 0.264. The summed E-state index contributed by atoms with van der Waals surface area (Å²) in [6.45, 7) is 0. The Morgan fingerprint density at radius 1 is 0.957 bits per heavy atom. The van der Waals surface area contributed by atoms with Gasteiger partial charge in [-0.05, 0) is 6.07 Å². The molecule has 9 heteroatoms. The number of hydrogen-bond donors (Lipinski definition) is 3. The smallest absolute Gasteiger partial charge is 1.00 e. The van der Waals surface area contributed by atoms with Crippen molar-refractivity contribution in [2.45, 2.75) is 4.90 Å². The van der Waals surface area contributed by atoms with E-state index in [0.717, 1.165) is 6.07 Å². The fourth-order valence-electron chi connectivity index (χ4n) is 2.54. The van der Waals surface area contributed by atoms with Crippen molar-refractivity contribution in [1.29, 1.82) is 0 Å². The summed E-state index contributed by atoms with van der Waals surface area (Å²) in [4.78, 5) is 24.3. The van der Waals surface area contributed by atoms with Gasteiger partial charge in [-0.2, -0.15) is 8.42 Å². The number of carbonyl (C=O) groups excluding carboxylic acids is 2. The summed E-state index contributed by atoms with van der Waals surface area (Å²) in [5.41, 5.74) is 10.5. The molecule has 0 saturated carbocycles. The minimum absolute atomic E-state index is 0. The number of nitrogens with two attached hydrogens (primary N) is 2. The van der Waals surface area contributed by atoms with Gasteiger partial charge >= 0.3 is 29.6 Å². The summed E-state index contributed by atoms with van der Waals surface area (Å²) in [5, 5.41) is 0. The average molecular weight is 342 g/mol. The minimum Gasteiger partial charge on any atom is -1.00 e. The van der Waals surface area contributed by atoms with Gasteiger partial charge in [0.05, 0.1) is 16.8 Å². The van der Waals surface area contributed by atoms with Crippen molar-refractivity contribution in [3.05, 3.63) is 52.6 Å². The van der Waals surface area contributed by atoms with Gasteiger partial charge in [-0.15, -0.1) is 0 Å². The number of ketones is 2. The fraction of sp³-hybridized carbons (Fsp3) is 0. The van der Waals surface area contributed by atoms with Gasteiger partial charge < -0.3 is 12.9 Å². The Bertz CT molecular complexity index is 975. The Balaban J connectivity index is 0.00000144. The van der Waals surface area contributed by atoms with Crippen molar-refractivity contribution in [1.82, 2.24) is 0 Å². The second-order valence-corrected chi connectivity index (χ2v) is 6.20. The molecule has 0 spiro atoms. The van der Waals surface area contributed by atoms with Crippen LogP contribution in [0.25, 0.3) is 0 Å². The molecular formula is C14H11N2NaO5S. The first-order valence-corrected chi connectivity index (χ1v) is 7.55. The molecule has 0 radical (unpaired) electrons. The molecule has 114 valence electrons. The Labute approximate surface area is 155 Å². The number of rotatable bonds is 1. The zero-order valence-corrected chi connectivity index (χ0v) is 14.8. The summed E-state index contributed by atoms with van der Waals surface area (Å²) in [5.74, 6) is -1.13. The molecule has 2 aromatic carbocycles. The van der Waals surface area contributed by atoms with Gasteiger partial charge in [0.25, 0.3) is 10.1 Å². The van der Waals surface area contributed by atoms with Gasteiger partial charge in [0.1, 0.15) is 4.90 Å². The van der Waals surface area contributed by atoms with Crippen LogP contribution in [0.2, 0.25) is 0 Å². The van der Waals surface area contributed by atoms with E-state index in [1.165, 1.54) is 12.1 Å². The zero-order chi connectivity index (χ0) is 16.2. The zero-order valence-electron chi connectivity index (χ0n) is 13.0. The first kappa shape index (κ1) is 17.6. The van der Waals surface area contributed by atoms with Crippen LogP contribution in [0.5, 0.6) is 0 Å². The normalized spacial score (nSPS) is 13.1. The van der Waals surface area contributed by atoms with Crippen LogP contribution >= 0.6 is 0 Å². The summed E-state index contributed by atoms with van der Waals surface area (Å²) >= 11 is 0. The van der Waals surface area contributed by atoms with Crippen LogP contribution in [0, 0.1) is 0 Å². The molecule has 2 aromatic rings. The van der Waals surface area contributed by atoms with E-state index in [-0.39, 0.29) is 58.9 Å². The Morgan fingerprint density at radius 2 is 1.43 bits per heavy atom. The van der Waals surface area contributed by atoms with E-state index in [4.69, 9.17) is 11.5 Å². The van der Waals surface area contributed by atoms with E-state index in [0.29, 0.717) is 0 Å². The van der Waals surface area contributed by atoms with Crippen LogP contribution in [0.15, 0.2) is 35.2 Å². The number of fused-ring (bicyclic) bond motifs is 2. The average Bonchev–Trinajstić information content (AvgIpc) is 2.45. The molecular weight excluding hydrogens is 331 g/mol. The van der Waals surface area contributed by atoms with Crippen molar-refractivity contribution in [3.63, 3.8) is 0 Å². The monoisotopic (exact) mass is 342 g/mol. The van der Waals surface area contributed by atoms with E-state index < -0.39 is 32.3 Å². The van der Waals surface area contributed by atoms with Crippen molar-refractivity contribution in [2.75, 3.05) is 11.5 Å². The van der Waals surface area contributed by atoms with Crippen LogP contribution in [0.3, 0.4) is 0 Å². The van der Waals surface area contributed by atoms with Gasteiger partial charge in [0, 0.05) is 16.8 Å². The van der Waals surface area contributed by atoms with E-state index >= 15 is 0 Å². The molecule has 0 amide bonds. The van der Waals surface area contributed by atoms with Crippen molar-refractivity contribution in [3.8, 4) is 0 Å². The third-order valence-corrected chi connectivity index (χ3v) is 4.40. The number of benzene rings is 2. The largest absolute Gasteiger partial charge is 1.00 e. The van der Waals surface area contributed by atoms with Crippen molar-refractivity contribution < 1.29 is 53.5 Å². The number of anilines is 2. The van der Waals surface area contributed by atoms with Gasteiger partial charge in [-0.1, -0.05) is 24.3 Å². The van der Waals surface area contributed by atoms with Gasteiger partial charge in [-0.3, -0.25) is 14.1 Å². The second-order valence-electron chi connectivity index (χ2n) is 4.81. The number of carbonyl (C=O) groups is 2. The molecule has 0 saturated heterocycles. The second kappa shape index (κ2) is 5.73. The SMILES string of the molecule is Nc1cc(S(=O)(=O)O)c(N)c2c1C(=O)c1ccccc1C2=O.[H-].[Na+]. The van der Waals surface area contributed by atoms with Crippen LogP contribution in [-0.4, -0.2) is 24.5 Å². The molecule has 0 atom stereocenters. The van der Waals surface area contributed by atoms with Crippen LogP contribution in [-0.2, 0) is 10.1 Å². The first-order valence-electron chi connectivity index (χ1n) is 6.11. The molecule has 0 aromatic heterocycles. The predicted molar refractivity (Wildman–Crippen MR) is 79.5 cm³/mol. The van der Waals surface area contributed by atoms with Crippen molar-refractivity contribution >= 4 is 33.1 Å². The van der Waals surface area contributed by atoms with E-state index in [1.807, 2.05) is 0 Å². The topological polar surface area (TPSA) is 141 Å². The fourth-order valence-corrected chi connectivity index (χ4v) is 3.19. The maximum absolute atomic E-state index is 12.5. The molecule has 7 nitrogen and oxygen atoms in total. The standard InChI is InChI=1S/C14H10N2O5S.Na.H/c15-8-5-9(22(19,20)21)12(16)11-10(8)13(17)6-3-1-2-4-7(6)14(11)18;;/h1-5H,15-16H2,(H,19,20,21);;/q;+1;-1. The van der Waals surface area contributed by atoms with E-state index in [2.05, 4.69) is 0 Å². The maximum atomic E-state index is 12.5. The van der Waals surface area contributed by atoms with Crippen LogP contribution in [0.4, 0.5) is 11.4 Å². The van der Waals surface area contributed by atoms with Gasteiger partial charge in [0.2, 0.25) is 0 Å². The summed E-state index contributed by atoms with van der Waals surface area (Å²) in [6, 6.07) is 6.96. The van der Waals surface area contributed by atoms with Crippen molar-refractivity contribution in [2.24, 2.45) is 0 Å². The third kappa shape index (κ3) is 2.58. The maximum Gasteiger partial charge on any atom is 1.00 e. The number of hydrogen-bond acceptors (Lipinski definition) is 6. The first-order chi connectivity index (χ1) is 10.2. The summed E-state index contributed by atoms with van der Waals surface area (Å²) in [7, 11) is -4.68. The molecule has 1 aliphatic rings. The molecule has 1 aliphatic carbocycles. The molecule has 0 heterocycles. The van der Waals surface area contributed by atoms with E-state index in [9.17, 15) is 22.6 Å². The molecule has 3 rings (SSSR count). The van der Waals surface area contributed by atoms with Crippen LogP contribution < -0.4 is 41.0 Å². The molecule has 0 aliphatic heterocycles. The summed E-state index contributed by atoms with van der Waals surface area (Å²) < 4.78 is 31.9. The Hall–Kier alpha value is -1.71. The van der Waals surface area contributed by atoms with Crippen LogP contribution in [0.1, 0.15) is 33.3 Å².